The molecule has 4 nitrogen and oxygen atoms in total. The van der Waals surface area contributed by atoms with Crippen LogP contribution in [-0.2, 0) is 9.47 Å². The van der Waals surface area contributed by atoms with E-state index in [-0.39, 0.29) is 12.2 Å². The molecule has 270 valence electrons. The van der Waals surface area contributed by atoms with E-state index in [9.17, 15) is 0 Å². The standard InChI is InChI=1S/C47H48O4P2/c1-33-27-29-43(52(37-19-11-7-12-20-37)38-21-13-8-14-22-38)45(35(33)3)48-31-41-42(51-47(5,6)50-41)32-49-46-36(4)34(2)28-30-44(46)53(39-23-15-9-16-24-39)40-25-17-10-18-26-40/h7-30,41-42H,31-32H2,1-6H3/t41-,42-/m0/s1. The van der Waals surface area contributed by atoms with Gasteiger partial charge in [-0.1, -0.05) is 133 Å². The summed E-state index contributed by atoms with van der Waals surface area (Å²) in [4.78, 5) is 0. The van der Waals surface area contributed by atoms with Gasteiger partial charge in [0.15, 0.2) is 5.79 Å². The molecule has 0 amide bonds. The van der Waals surface area contributed by atoms with Crippen molar-refractivity contribution in [1.29, 1.82) is 0 Å². The molecule has 0 spiro atoms. The van der Waals surface area contributed by atoms with Gasteiger partial charge in [0.05, 0.1) is 0 Å². The fourth-order valence-corrected chi connectivity index (χ4v) is 11.9. The molecule has 0 saturated carbocycles. The van der Waals surface area contributed by atoms with Gasteiger partial charge in [-0.2, -0.15) is 0 Å². The maximum atomic E-state index is 6.91. The third kappa shape index (κ3) is 8.28. The number of aryl methyl sites for hydroxylation is 2. The van der Waals surface area contributed by atoms with Crippen molar-refractivity contribution >= 4 is 47.7 Å². The van der Waals surface area contributed by atoms with Crippen molar-refractivity contribution in [3.63, 3.8) is 0 Å². The third-order valence-electron chi connectivity index (χ3n) is 9.92. The second kappa shape index (κ2) is 16.4. The Balaban J connectivity index is 1.19. The van der Waals surface area contributed by atoms with E-state index >= 15 is 0 Å². The lowest BCUT2D eigenvalue weighted by Crippen LogP contribution is -2.35. The Morgan fingerprint density at radius 1 is 0.453 bits per heavy atom. The van der Waals surface area contributed by atoms with Gasteiger partial charge in [0, 0.05) is 10.6 Å². The zero-order chi connectivity index (χ0) is 37.0. The molecule has 6 aromatic rings. The van der Waals surface area contributed by atoms with Gasteiger partial charge in [0.1, 0.15) is 36.9 Å². The van der Waals surface area contributed by atoms with Crippen LogP contribution < -0.4 is 41.3 Å². The van der Waals surface area contributed by atoms with Crippen LogP contribution in [0.1, 0.15) is 36.1 Å². The highest BCUT2D eigenvalue weighted by atomic mass is 31.1. The van der Waals surface area contributed by atoms with Crippen molar-refractivity contribution in [2.75, 3.05) is 13.2 Å². The highest BCUT2D eigenvalue weighted by Crippen LogP contribution is 2.41. The van der Waals surface area contributed by atoms with Gasteiger partial charge in [0.25, 0.3) is 0 Å². The Hall–Kier alpha value is -4.30. The zero-order valence-electron chi connectivity index (χ0n) is 31.5. The molecular formula is C47H48O4P2. The molecule has 2 atom stereocenters. The molecule has 1 aliphatic heterocycles. The molecule has 1 fully saturated rings. The molecule has 53 heavy (non-hydrogen) atoms. The van der Waals surface area contributed by atoms with Crippen LogP contribution in [0.25, 0.3) is 0 Å². The van der Waals surface area contributed by atoms with Gasteiger partial charge in [-0.25, -0.2) is 0 Å². The number of hydrogen-bond acceptors (Lipinski definition) is 4. The molecule has 1 saturated heterocycles. The van der Waals surface area contributed by atoms with Gasteiger partial charge in [-0.05, 0) is 113 Å². The summed E-state index contributed by atoms with van der Waals surface area (Å²) in [6.07, 6.45) is -0.675. The summed E-state index contributed by atoms with van der Waals surface area (Å²) in [5.74, 6) is 1.06. The van der Waals surface area contributed by atoms with E-state index in [1.54, 1.807) is 0 Å². The molecule has 0 aliphatic carbocycles. The van der Waals surface area contributed by atoms with Crippen LogP contribution in [0.3, 0.4) is 0 Å². The molecule has 1 aliphatic rings. The average molecular weight is 739 g/mol. The van der Waals surface area contributed by atoms with E-state index in [1.807, 2.05) is 13.8 Å². The Kier molecular flexibility index (Phi) is 11.4. The summed E-state index contributed by atoms with van der Waals surface area (Å²) in [6.45, 7) is 13.2. The molecule has 0 unspecified atom stereocenters. The van der Waals surface area contributed by atoms with Crippen molar-refractivity contribution in [3.05, 3.63) is 168 Å². The lowest BCUT2D eigenvalue weighted by molar-refractivity contribution is -0.150. The first-order chi connectivity index (χ1) is 25.7. The normalized spacial score (nSPS) is 16.6. The molecule has 0 aromatic heterocycles. The van der Waals surface area contributed by atoms with E-state index in [1.165, 1.54) is 43.0 Å². The summed E-state index contributed by atoms with van der Waals surface area (Å²) in [5, 5.41) is 7.52. The van der Waals surface area contributed by atoms with Crippen LogP contribution >= 0.6 is 15.8 Å². The topological polar surface area (TPSA) is 36.9 Å². The number of benzene rings is 6. The Bertz CT molecular complexity index is 1890. The molecule has 6 heteroatoms. The molecule has 6 aromatic carbocycles. The summed E-state index contributed by atoms with van der Waals surface area (Å²) < 4.78 is 27.0. The monoisotopic (exact) mass is 738 g/mol. The quantitative estimate of drug-likeness (QED) is 0.118. The van der Waals surface area contributed by atoms with E-state index < -0.39 is 21.6 Å². The summed E-state index contributed by atoms with van der Waals surface area (Å²) in [5.41, 5.74) is 4.67. The predicted octanol–water partition coefficient (Wildman–Crippen LogP) is 8.41. The third-order valence-corrected chi connectivity index (χ3v) is 14.8. The van der Waals surface area contributed by atoms with Gasteiger partial charge >= 0.3 is 0 Å². The van der Waals surface area contributed by atoms with Crippen molar-refractivity contribution in [2.24, 2.45) is 0 Å². The minimum absolute atomic E-state index is 0.335. The molecular weight excluding hydrogens is 690 g/mol. The number of rotatable bonds is 12. The maximum absolute atomic E-state index is 6.91. The summed E-state index contributed by atoms with van der Waals surface area (Å²) in [6, 6.07) is 52.0. The van der Waals surface area contributed by atoms with Gasteiger partial charge in [0.2, 0.25) is 0 Å². The number of hydrogen-bond donors (Lipinski definition) is 0. The van der Waals surface area contributed by atoms with E-state index in [0.29, 0.717) is 13.2 Å². The van der Waals surface area contributed by atoms with Crippen molar-refractivity contribution in [1.82, 2.24) is 0 Å². The van der Waals surface area contributed by atoms with Gasteiger partial charge in [-0.3, -0.25) is 0 Å². The summed E-state index contributed by atoms with van der Waals surface area (Å²) >= 11 is 0. The zero-order valence-corrected chi connectivity index (χ0v) is 33.2. The van der Waals surface area contributed by atoms with E-state index in [4.69, 9.17) is 18.9 Å². The summed E-state index contributed by atoms with van der Waals surface area (Å²) in [7, 11) is -1.72. The Morgan fingerprint density at radius 3 is 1.06 bits per heavy atom. The van der Waals surface area contributed by atoms with Crippen LogP contribution in [0.15, 0.2) is 146 Å². The molecule has 0 bridgehead atoms. The highest BCUT2D eigenvalue weighted by Gasteiger charge is 2.43. The van der Waals surface area contributed by atoms with Gasteiger partial charge < -0.3 is 18.9 Å². The first kappa shape index (κ1) is 37.0. The largest absolute Gasteiger partial charge is 0.490 e. The second-order valence-corrected chi connectivity index (χ2v) is 18.4. The predicted molar refractivity (Wildman–Crippen MR) is 224 cm³/mol. The fourth-order valence-electron chi connectivity index (χ4n) is 6.95. The first-order valence-electron chi connectivity index (χ1n) is 18.3. The van der Waals surface area contributed by atoms with Crippen molar-refractivity contribution < 1.29 is 18.9 Å². The fraction of sp³-hybridized carbons (Fsp3) is 0.234. The minimum Gasteiger partial charge on any atom is -0.490 e. The van der Waals surface area contributed by atoms with E-state index in [2.05, 4.69) is 173 Å². The van der Waals surface area contributed by atoms with E-state index in [0.717, 1.165) is 22.6 Å². The minimum atomic E-state index is -0.862. The van der Waals surface area contributed by atoms with Crippen LogP contribution in [0, 0.1) is 27.7 Å². The van der Waals surface area contributed by atoms with Gasteiger partial charge in [-0.15, -0.1) is 0 Å². The molecule has 7 rings (SSSR count). The second-order valence-electron chi connectivity index (χ2n) is 14.1. The number of ether oxygens (including phenoxy) is 4. The Morgan fingerprint density at radius 2 is 0.755 bits per heavy atom. The SMILES string of the molecule is Cc1ccc(P(c2ccccc2)c2ccccc2)c(OC[C@@H]2OC(C)(C)O[C@H]2COc2c(P(c3ccccc3)c3ccccc3)ccc(C)c2C)c1C. The molecule has 0 N–H and O–H groups in total. The lowest BCUT2D eigenvalue weighted by atomic mass is 10.1. The highest BCUT2D eigenvalue weighted by molar-refractivity contribution is 7.80. The van der Waals surface area contributed by atoms with Crippen LogP contribution in [0.4, 0.5) is 0 Å². The van der Waals surface area contributed by atoms with Crippen molar-refractivity contribution in [2.45, 2.75) is 59.5 Å². The lowest BCUT2D eigenvalue weighted by Gasteiger charge is -2.26. The van der Waals surface area contributed by atoms with Crippen LogP contribution in [0.2, 0.25) is 0 Å². The maximum Gasteiger partial charge on any atom is 0.164 e. The van der Waals surface area contributed by atoms with Crippen LogP contribution in [-0.4, -0.2) is 31.2 Å². The van der Waals surface area contributed by atoms with Crippen molar-refractivity contribution in [3.8, 4) is 11.5 Å². The molecule has 0 radical (unpaired) electrons. The first-order valence-corrected chi connectivity index (χ1v) is 21.0. The average Bonchev–Trinajstić information content (AvgIpc) is 3.48. The smallest absolute Gasteiger partial charge is 0.164 e. The Labute approximate surface area is 317 Å². The van der Waals surface area contributed by atoms with Crippen LogP contribution in [0.5, 0.6) is 11.5 Å². The molecule has 1 heterocycles.